The molecule has 4 rings (SSSR count). The largest absolute Gasteiger partial charge is 0.398 e. The molecule has 0 radical (unpaired) electrons. The second kappa shape index (κ2) is 8.94. The van der Waals surface area contributed by atoms with Gasteiger partial charge in [0, 0.05) is 22.0 Å². The zero-order valence-corrected chi connectivity index (χ0v) is 17.0. The minimum atomic E-state index is 0.601. The van der Waals surface area contributed by atoms with E-state index < -0.39 is 0 Å². The molecule has 0 atom stereocenters. The summed E-state index contributed by atoms with van der Waals surface area (Å²) in [5.74, 6) is 1.36. The van der Waals surface area contributed by atoms with Crippen molar-refractivity contribution in [3.63, 3.8) is 0 Å². The average molecular weight is 420 g/mol. The van der Waals surface area contributed by atoms with E-state index in [-0.39, 0.29) is 0 Å². The smallest absolute Gasteiger partial charge is 0.212 e. The Hall–Kier alpha value is -3.09. The molecule has 2 N–H and O–H groups in total. The number of hydrogen-bond donors (Lipinski definition) is 1. The predicted octanol–water partition coefficient (Wildman–Crippen LogP) is 5.36. The van der Waals surface area contributed by atoms with Gasteiger partial charge >= 0.3 is 0 Å². The summed E-state index contributed by atoms with van der Waals surface area (Å²) in [7, 11) is 0. The molecule has 7 heteroatoms. The number of nitrogens with two attached hydrogens (primary N) is 1. The van der Waals surface area contributed by atoms with Crippen molar-refractivity contribution in [2.45, 2.75) is 10.9 Å². The Balaban J connectivity index is 1.69. The molecule has 144 valence electrons. The van der Waals surface area contributed by atoms with Crippen LogP contribution in [0.25, 0.3) is 11.4 Å². The standard InChI is InChI=1S/C22H18ClN5S/c23-18-12-10-16(11-13-18)14-25-28-21(19-8-4-5-9-20(19)24)26-27-22(28)29-15-17-6-2-1-3-7-17/h1-14H,15,24H2/b25-14+. The van der Waals surface area contributed by atoms with E-state index in [4.69, 9.17) is 17.3 Å². The van der Waals surface area contributed by atoms with Gasteiger partial charge in [0.25, 0.3) is 0 Å². The molecule has 0 spiro atoms. The van der Waals surface area contributed by atoms with E-state index in [9.17, 15) is 0 Å². The molecule has 29 heavy (non-hydrogen) atoms. The van der Waals surface area contributed by atoms with Gasteiger partial charge < -0.3 is 5.73 Å². The Morgan fingerprint density at radius 1 is 0.931 bits per heavy atom. The molecule has 0 saturated carbocycles. The summed E-state index contributed by atoms with van der Waals surface area (Å²) in [4.78, 5) is 0. The number of rotatable bonds is 6. The van der Waals surface area contributed by atoms with E-state index in [2.05, 4.69) is 27.4 Å². The average Bonchev–Trinajstić information content (AvgIpc) is 3.15. The van der Waals surface area contributed by atoms with Crippen LogP contribution < -0.4 is 5.73 Å². The van der Waals surface area contributed by atoms with Crippen LogP contribution in [0.2, 0.25) is 5.02 Å². The first-order valence-corrected chi connectivity index (χ1v) is 10.3. The van der Waals surface area contributed by atoms with E-state index in [1.54, 1.807) is 22.7 Å². The van der Waals surface area contributed by atoms with Crippen molar-refractivity contribution in [3.05, 3.63) is 95.0 Å². The van der Waals surface area contributed by atoms with Crippen LogP contribution in [0, 0.1) is 0 Å². The highest BCUT2D eigenvalue weighted by molar-refractivity contribution is 7.98. The molecular formula is C22H18ClN5S. The number of para-hydroxylation sites is 1. The predicted molar refractivity (Wildman–Crippen MR) is 120 cm³/mol. The SMILES string of the molecule is Nc1ccccc1-c1nnc(SCc2ccccc2)n1/N=C/c1ccc(Cl)cc1. The van der Waals surface area contributed by atoms with Crippen molar-refractivity contribution in [1.29, 1.82) is 0 Å². The minimum absolute atomic E-state index is 0.601. The Labute approximate surface area is 178 Å². The number of benzene rings is 3. The number of anilines is 1. The summed E-state index contributed by atoms with van der Waals surface area (Å²) in [6.45, 7) is 0. The highest BCUT2D eigenvalue weighted by atomic mass is 35.5. The van der Waals surface area contributed by atoms with Crippen molar-refractivity contribution in [2.75, 3.05) is 5.73 Å². The van der Waals surface area contributed by atoms with E-state index in [1.165, 1.54) is 5.56 Å². The van der Waals surface area contributed by atoms with Gasteiger partial charge in [-0.25, -0.2) is 0 Å². The monoisotopic (exact) mass is 419 g/mol. The first-order valence-electron chi connectivity index (χ1n) is 8.97. The summed E-state index contributed by atoms with van der Waals surface area (Å²) in [5.41, 5.74) is 9.71. The van der Waals surface area contributed by atoms with Gasteiger partial charge in [0.05, 0.1) is 6.21 Å². The van der Waals surface area contributed by atoms with Crippen LogP contribution >= 0.6 is 23.4 Å². The van der Waals surface area contributed by atoms with Crippen LogP contribution in [0.3, 0.4) is 0 Å². The second-order valence-corrected chi connectivity index (χ2v) is 7.65. The summed E-state index contributed by atoms with van der Waals surface area (Å²) in [5, 5.41) is 14.7. The third kappa shape index (κ3) is 4.67. The Kier molecular flexibility index (Phi) is 5.93. The van der Waals surface area contributed by atoms with Crippen molar-refractivity contribution in [2.24, 2.45) is 5.10 Å². The molecule has 0 aliphatic rings. The summed E-state index contributed by atoms with van der Waals surface area (Å²) in [6, 6.07) is 25.3. The summed E-state index contributed by atoms with van der Waals surface area (Å²) < 4.78 is 1.73. The van der Waals surface area contributed by atoms with Gasteiger partial charge in [0.2, 0.25) is 5.16 Å². The topological polar surface area (TPSA) is 69.1 Å². The highest BCUT2D eigenvalue weighted by Crippen LogP contribution is 2.29. The number of hydrogen-bond acceptors (Lipinski definition) is 5. The highest BCUT2D eigenvalue weighted by Gasteiger charge is 2.16. The molecule has 0 unspecified atom stereocenters. The number of halogens is 1. The number of thioether (sulfide) groups is 1. The molecule has 0 fully saturated rings. The van der Waals surface area contributed by atoms with Crippen molar-refractivity contribution in [3.8, 4) is 11.4 Å². The molecule has 4 aromatic rings. The van der Waals surface area contributed by atoms with Gasteiger partial charge in [0.15, 0.2) is 5.82 Å². The number of aromatic nitrogens is 3. The van der Waals surface area contributed by atoms with Crippen molar-refractivity contribution in [1.82, 2.24) is 14.9 Å². The fourth-order valence-electron chi connectivity index (χ4n) is 2.72. The third-order valence-corrected chi connectivity index (χ3v) is 5.46. The summed E-state index contributed by atoms with van der Waals surface area (Å²) >= 11 is 7.54. The fourth-order valence-corrected chi connectivity index (χ4v) is 3.69. The van der Waals surface area contributed by atoms with Gasteiger partial charge in [0.1, 0.15) is 0 Å². The quantitative estimate of drug-likeness (QED) is 0.259. The normalized spacial score (nSPS) is 11.2. The minimum Gasteiger partial charge on any atom is -0.398 e. The lowest BCUT2D eigenvalue weighted by atomic mass is 10.2. The Morgan fingerprint density at radius 2 is 1.66 bits per heavy atom. The molecule has 0 aliphatic heterocycles. The van der Waals surface area contributed by atoms with Gasteiger partial charge in [-0.3, -0.25) is 0 Å². The van der Waals surface area contributed by atoms with Crippen LogP contribution in [0.15, 0.2) is 89.1 Å². The van der Waals surface area contributed by atoms with Gasteiger partial charge in [-0.05, 0) is 35.4 Å². The maximum Gasteiger partial charge on any atom is 0.212 e. The molecule has 5 nitrogen and oxygen atoms in total. The molecule has 1 aromatic heterocycles. The van der Waals surface area contributed by atoms with Crippen molar-refractivity contribution < 1.29 is 0 Å². The van der Waals surface area contributed by atoms with E-state index >= 15 is 0 Å². The zero-order chi connectivity index (χ0) is 20.1. The molecule has 3 aromatic carbocycles. The fraction of sp³-hybridized carbons (Fsp3) is 0.0455. The zero-order valence-electron chi connectivity index (χ0n) is 15.4. The van der Waals surface area contributed by atoms with Crippen LogP contribution in [0.4, 0.5) is 5.69 Å². The Bertz CT molecular complexity index is 1120. The lowest BCUT2D eigenvalue weighted by Crippen LogP contribution is -1.99. The van der Waals surface area contributed by atoms with Gasteiger partial charge in [-0.2, -0.15) is 9.78 Å². The Morgan fingerprint density at radius 3 is 2.41 bits per heavy atom. The lowest BCUT2D eigenvalue weighted by molar-refractivity contribution is 0.773. The maximum absolute atomic E-state index is 6.17. The van der Waals surface area contributed by atoms with Gasteiger partial charge in [-0.1, -0.05) is 78.0 Å². The lowest BCUT2D eigenvalue weighted by Gasteiger charge is -2.07. The molecule has 1 heterocycles. The molecule has 0 saturated heterocycles. The first kappa shape index (κ1) is 19.2. The number of nitrogens with zero attached hydrogens (tertiary/aromatic N) is 4. The van der Waals surface area contributed by atoms with Crippen molar-refractivity contribution >= 4 is 35.3 Å². The van der Waals surface area contributed by atoms with Crippen LogP contribution in [-0.2, 0) is 5.75 Å². The molecule has 0 aliphatic carbocycles. The molecule has 0 bridgehead atoms. The molecular weight excluding hydrogens is 402 g/mol. The van der Waals surface area contributed by atoms with Crippen LogP contribution in [0.5, 0.6) is 0 Å². The molecule has 0 amide bonds. The van der Waals surface area contributed by atoms with Crippen LogP contribution in [0.1, 0.15) is 11.1 Å². The number of nitrogen functional groups attached to an aromatic ring is 1. The third-order valence-electron chi connectivity index (χ3n) is 4.22. The van der Waals surface area contributed by atoms with E-state index in [1.807, 2.05) is 66.7 Å². The first-order chi connectivity index (χ1) is 14.2. The summed E-state index contributed by atoms with van der Waals surface area (Å²) in [6.07, 6.45) is 1.76. The second-order valence-electron chi connectivity index (χ2n) is 6.28. The van der Waals surface area contributed by atoms with Crippen LogP contribution in [-0.4, -0.2) is 21.1 Å². The van der Waals surface area contributed by atoms with Gasteiger partial charge in [-0.15, -0.1) is 10.2 Å². The van der Waals surface area contributed by atoms with E-state index in [0.717, 1.165) is 16.9 Å². The van der Waals surface area contributed by atoms with E-state index in [0.29, 0.717) is 21.7 Å². The maximum atomic E-state index is 6.17.